The van der Waals surface area contributed by atoms with Gasteiger partial charge in [0, 0.05) is 41.9 Å². The largest absolute Gasteiger partial charge is 0.368 e. The molecule has 0 aliphatic carbocycles. The van der Waals surface area contributed by atoms with E-state index in [1.165, 1.54) is 0 Å². The number of benzene rings is 2. The van der Waals surface area contributed by atoms with E-state index in [0.717, 1.165) is 22.3 Å². The molecule has 0 atom stereocenters. The van der Waals surface area contributed by atoms with Gasteiger partial charge in [-0.3, -0.25) is 19.3 Å². The molecule has 2 aliphatic heterocycles. The summed E-state index contributed by atoms with van der Waals surface area (Å²) in [5, 5.41) is 0.400. The lowest BCUT2D eigenvalue weighted by Crippen LogP contribution is -2.51. The Balaban J connectivity index is 1.38. The van der Waals surface area contributed by atoms with Gasteiger partial charge in [-0.25, -0.2) is 0 Å². The zero-order valence-electron chi connectivity index (χ0n) is 16.5. The molecule has 0 bridgehead atoms. The van der Waals surface area contributed by atoms with Gasteiger partial charge in [-0.1, -0.05) is 47.5 Å². The summed E-state index contributed by atoms with van der Waals surface area (Å²) in [7, 11) is 0. The minimum absolute atomic E-state index is 0.232. The first-order valence-corrected chi connectivity index (χ1v) is 11.3. The quantitative estimate of drug-likeness (QED) is 0.614. The predicted molar refractivity (Wildman–Crippen MR) is 124 cm³/mol. The molecule has 4 rings (SSSR count). The van der Waals surface area contributed by atoms with Crippen LogP contribution < -0.4 is 4.90 Å². The van der Waals surface area contributed by atoms with Crippen LogP contribution in [0.3, 0.4) is 0 Å². The molecule has 2 fully saturated rings. The van der Waals surface area contributed by atoms with Crippen LogP contribution in [0, 0.1) is 0 Å². The van der Waals surface area contributed by atoms with E-state index in [-0.39, 0.29) is 17.4 Å². The summed E-state index contributed by atoms with van der Waals surface area (Å²) in [6.45, 7) is 2.22. The van der Waals surface area contributed by atoms with Crippen molar-refractivity contribution in [3.63, 3.8) is 0 Å². The number of piperazine rings is 1. The van der Waals surface area contributed by atoms with Crippen LogP contribution in [0.4, 0.5) is 10.5 Å². The van der Waals surface area contributed by atoms with Crippen LogP contribution in [0.5, 0.6) is 0 Å². The molecule has 2 aromatic rings. The highest BCUT2D eigenvalue weighted by Gasteiger charge is 2.37. The van der Waals surface area contributed by atoms with Crippen molar-refractivity contribution in [1.82, 2.24) is 9.80 Å². The van der Waals surface area contributed by atoms with Gasteiger partial charge in [0.05, 0.1) is 4.91 Å². The number of amides is 3. The van der Waals surface area contributed by atoms with Gasteiger partial charge in [-0.05, 0) is 47.7 Å². The molecule has 2 saturated heterocycles. The Kier molecular flexibility index (Phi) is 6.55. The Labute approximate surface area is 194 Å². The zero-order valence-corrected chi connectivity index (χ0v) is 18.8. The molecule has 0 spiro atoms. The molecule has 0 N–H and O–H groups in total. The molecule has 160 valence electrons. The average Bonchev–Trinajstić information content (AvgIpc) is 3.03. The van der Waals surface area contributed by atoms with Crippen molar-refractivity contribution >= 4 is 63.8 Å². The number of imide groups is 1. The van der Waals surface area contributed by atoms with Crippen LogP contribution in [0.25, 0.3) is 6.08 Å². The highest BCUT2D eigenvalue weighted by Crippen LogP contribution is 2.34. The number of hydrogen-bond donors (Lipinski definition) is 0. The number of rotatable bonds is 4. The van der Waals surface area contributed by atoms with Gasteiger partial charge in [-0.15, -0.1) is 0 Å². The lowest BCUT2D eigenvalue weighted by Gasteiger charge is -2.36. The van der Waals surface area contributed by atoms with Crippen molar-refractivity contribution in [3.8, 4) is 0 Å². The van der Waals surface area contributed by atoms with E-state index in [1.54, 1.807) is 29.2 Å². The van der Waals surface area contributed by atoms with Gasteiger partial charge in [0.2, 0.25) is 5.91 Å². The average molecular weight is 476 g/mol. The summed E-state index contributed by atoms with van der Waals surface area (Å²) >= 11 is 12.9. The molecule has 2 aliphatic rings. The van der Waals surface area contributed by atoms with Gasteiger partial charge in [0.1, 0.15) is 6.54 Å². The van der Waals surface area contributed by atoms with Crippen LogP contribution in [0.15, 0.2) is 53.4 Å². The third-order valence-corrected chi connectivity index (χ3v) is 6.64. The molecule has 6 nitrogen and oxygen atoms in total. The molecule has 9 heteroatoms. The number of para-hydroxylation sites is 1. The van der Waals surface area contributed by atoms with Crippen molar-refractivity contribution in [2.75, 3.05) is 37.6 Å². The molecule has 2 aromatic carbocycles. The monoisotopic (exact) mass is 475 g/mol. The number of carbonyl (C=O) groups excluding carboxylic acids is 3. The maximum Gasteiger partial charge on any atom is 0.294 e. The van der Waals surface area contributed by atoms with E-state index in [0.29, 0.717) is 41.8 Å². The lowest BCUT2D eigenvalue weighted by atomic mass is 10.2. The molecular weight excluding hydrogens is 457 g/mol. The number of thioether (sulfide) groups is 1. The third-order valence-electron chi connectivity index (χ3n) is 5.17. The molecule has 0 radical (unpaired) electrons. The summed E-state index contributed by atoms with van der Waals surface area (Å²) in [6, 6.07) is 14.9. The van der Waals surface area contributed by atoms with Crippen LogP contribution in [-0.2, 0) is 9.59 Å². The highest BCUT2D eigenvalue weighted by molar-refractivity contribution is 8.18. The zero-order chi connectivity index (χ0) is 22.0. The maximum atomic E-state index is 12.7. The van der Waals surface area contributed by atoms with Crippen LogP contribution in [0.2, 0.25) is 10.0 Å². The minimum atomic E-state index is -0.489. The fourth-order valence-corrected chi connectivity index (χ4v) is 4.78. The topological polar surface area (TPSA) is 60.9 Å². The van der Waals surface area contributed by atoms with Gasteiger partial charge in [0.15, 0.2) is 0 Å². The summed E-state index contributed by atoms with van der Waals surface area (Å²) in [5.74, 6) is -0.724. The van der Waals surface area contributed by atoms with Crippen molar-refractivity contribution in [2.45, 2.75) is 0 Å². The second-order valence-electron chi connectivity index (χ2n) is 7.14. The van der Waals surface area contributed by atoms with Crippen molar-refractivity contribution in [3.05, 3.63) is 69.0 Å². The summed E-state index contributed by atoms with van der Waals surface area (Å²) < 4.78 is 0. The normalized spacial score (nSPS) is 18.3. The van der Waals surface area contributed by atoms with E-state index >= 15 is 0 Å². The van der Waals surface area contributed by atoms with E-state index in [1.807, 2.05) is 30.3 Å². The van der Waals surface area contributed by atoms with Gasteiger partial charge < -0.3 is 9.80 Å². The lowest BCUT2D eigenvalue weighted by molar-refractivity contribution is -0.136. The Bertz CT molecular complexity index is 1050. The number of nitrogens with zero attached hydrogens (tertiary/aromatic N) is 3. The fourth-order valence-electron chi connectivity index (χ4n) is 3.48. The second kappa shape index (κ2) is 9.34. The smallest absolute Gasteiger partial charge is 0.294 e. The van der Waals surface area contributed by atoms with E-state index in [4.69, 9.17) is 23.2 Å². The van der Waals surface area contributed by atoms with Crippen molar-refractivity contribution < 1.29 is 14.4 Å². The molecule has 0 saturated carbocycles. The Morgan fingerprint density at radius 1 is 1.00 bits per heavy atom. The van der Waals surface area contributed by atoms with Gasteiger partial charge in [0.25, 0.3) is 11.1 Å². The van der Waals surface area contributed by atoms with E-state index in [2.05, 4.69) is 4.90 Å². The predicted octanol–water partition coefficient (Wildman–Crippen LogP) is 4.38. The van der Waals surface area contributed by atoms with Gasteiger partial charge in [-0.2, -0.15) is 0 Å². The fraction of sp³-hybridized carbons (Fsp3) is 0.227. The standard InChI is InChI=1S/C22H19Cl2N3O3S/c23-16-7-6-15(18(24)13-16)12-19-21(29)27(22(30)31-19)14-20(28)26-10-8-25(9-11-26)17-4-2-1-3-5-17/h1-7,12-13H,8-11,14H2/b19-12+. The van der Waals surface area contributed by atoms with Crippen LogP contribution in [0.1, 0.15) is 5.56 Å². The number of halogens is 2. The first-order valence-electron chi connectivity index (χ1n) is 9.70. The molecule has 31 heavy (non-hydrogen) atoms. The Hall–Kier alpha value is -2.48. The Morgan fingerprint density at radius 3 is 2.39 bits per heavy atom. The van der Waals surface area contributed by atoms with E-state index in [9.17, 15) is 14.4 Å². The number of anilines is 1. The van der Waals surface area contributed by atoms with Crippen LogP contribution >= 0.6 is 35.0 Å². The summed E-state index contributed by atoms with van der Waals surface area (Å²) in [4.78, 5) is 43.0. The number of hydrogen-bond acceptors (Lipinski definition) is 5. The first kappa shape index (κ1) is 21.7. The van der Waals surface area contributed by atoms with Crippen LogP contribution in [-0.4, -0.2) is 59.6 Å². The van der Waals surface area contributed by atoms with E-state index < -0.39 is 11.1 Å². The molecular formula is C22H19Cl2N3O3S. The minimum Gasteiger partial charge on any atom is -0.368 e. The molecule has 0 aromatic heterocycles. The molecule has 3 amide bonds. The maximum absolute atomic E-state index is 12.7. The van der Waals surface area contributed by atoms with Gasteiger partial charge >= 0.3 is 0 Å². The van der Waals surface area contributed by atoms with Crippen molar-refractivity contribution in [1.29, 1.82) is 0 Å². The molecule has 2 heterocycles. The molecule has 0 unspecified atom stereocenters. The second-order valence-corrected chi connectivity index (χ2v) is 8.97. The SMILES string of the molecule is O=C(CN1C(=O)S/C(=C/c2ccc(Cl)cc2Cl)C1=O)N1CCN(c2ccccc2)CC1. The third kappa shape index (κ3) is 4.89. The summed E-state index contributed by atoms with van der Waals surface area (Å²) in [6.07, 6.45) is 1.55. The Morgan fingerprint density at radius 2 is 1.71 bits per heavy atom. The summed E-state index contributed by atoms with van der Waals surface area (Å²) in [5.41, 5.74) is 1.70. The number of carbonyl (C=O) groups is 3. The highest BCUT2D eigenvalue weighted by atomic mass is 35.5. The first-order chi connectivity index (χ1) is 14.9. The van der Waals surface area contributed by atoms with Crippen molar-refractivity contribution in [2.24, 2.45) is 0 Å².